The predicted octanol–water partition coefficient (Wildman–Crippen LogP) is 2.93. The highest BCUT2D eigenvalue weighted by molar-refractivity contribution is 5.49. The lowest BCUT2D eigenvalue weighted by molar-refractivity contribution is 0.306. The summed E-state index contributed by atoms with van der Waals surface area (Å²) in [4.78, 5) is 9.99. The Morgan fingerprint density at radius 3 is 2.72 bits per heavy atom. The smallest absolute Gasteiger partial charge is 0.258 e. The highest BCUT2D eigenvalue weighted by Crippen LogP contribution is 2.18. The summed E-state index contributed by atoms with van der Waals surface area (Å²) in [6.45, 7) is 0.501. The molecule has 0 heterocycles. The molecule has 0 saturated heterocycles. The van der Waals surface area contributed by atoms with Crippen LogP contribution in [0.2, 0.25) is 0 Å². The van der Waals surface area contributed by atoms with E-state index >= 15 is 0 Å². The van der Waals surface area contributed by atoms with Crippen LogP contribution >= 0.6 is 0 Å². The van der Waals surface area contributed by atoms with Crippen molar-refractivity contribution in [3.8, 4) is 5.75 Å². The predicted molar refractivity (Wildman–Crippen MR) is 69.0 cm³/mol. The number of isocyanates is 1. The van der Waals surface area contributed by atoms with Gasteiger partial charge in [-0.3, -0.25) is 5.43 Å². The second kappa shape index (κ2) is 6.23. The van der Waals surface area contributed by atoms with Crippen LogP contribution < -0.4 is 10.2 Å². The maximum Gasteiger partial charge on any atom is 0.258 e. The Kier molecular flexibility index (Phi) is 4.11. The Morgan fingerprint density at radius 1 is 1.11 bits per heavy atom. The molecule has 0 aliphatic carbocycles. The van der Waals surface area contributed by atoms with Crippen molar-refractivity contribution in [2.45, 2.75) is 6.61 Å². The van der Waals surface area contributed by atoms with Gasteiger partial charge in [0, 0.05) is 6.07 Å². The molecule has 0 aromatic heterocycles. The Bertz CT molecular complexity index is 549. The molecule has 4 heteroatoms. The molecular weight excluding hydrogens is 228 g/mol. The van der Waals surface area contributed by atoms with Crippen molar-refractivity contribution in [3.05, 3.63) is 60.2 Å². The summed E-state index contributed by atoms with van der Waals surface area (Å²) in [5.41, 5.74) is 4.34. The first kappa shape index (κ1) is 11.9. The van der Waals surface area contributed by atoms with Crippen molar-refractivity contribution in [2.75, 3.05) is 5.43 Å². The van der Waals surface area contributed by atoms with Gasteiger partial charge in [0.25, 0.3) is 6.08 Å². The molecule has 0 fully saturated rings. The normalized spacial score (nSPS) is 9.33. The first-order chi connectivity index (χ1) is 8.88. The van der Waals surface area contributed by atoms with E-state index in [0.717, 1.165) is 5.56 Å². The summed E-state index contributed by atoms with van der Waals surface area (Å²) in [6, 6.07) is 17.1. The molecule has 0 bridgehead atoms. The van der Waals surface area contributed by atoms with Crippen LogP contribution in [0.15, 0.2) is 59.7 Å². The van der Waals surface area contributed by atoms with Crippen molar-refractivity contribution >= 4 is 11.8 Å². The number of hydrogen-bond acceptors (Lipinski definition) is 4. The van der Waals surface area contributed by atoms with E-state index in [1.54, 1.807) is 12.1 Å². The fraction of sp³-hybridized carbons (Fsp3) is 0.0714. The topological polar surface area (TPSA) is 50.7 Å². The Morgan fingerprint density at radius 2 is 1.94 bits per heavy atom. The average molecular weight is 240 g/mol. The standard InChI is InChI=1S/C14H12N2O2/c17-11-15-16-13-7-4-8-14(9-13)18-10-12-5-2-1-3-6-12/h1-9,16H,10H2. The van der Waals surface area contributed by atoms with Gasteiger partial charge < -0.3 is 4.74 Å². The van der Waals surface area contributed by atoms with Crippen LogP contribution in [0, 0.1) is 0 Å². The minimum absolute atomic E-state index is 0.501. The number of nitrogens with zero attached hydrogens (tertiary/aromatic N) is 1. The number of carbonyl (C=O) groups excluding carboxylic acids is 1. The summed E-state index contributed by atoms with van der Waals surface area (Å²) >= 11 is 0. The van der Waals surface area contributed by atoms with Crippen molar-refractivity contribution in [3.63, 3.8) is 0 Å². The third-order valence-corrected chi connectivity index (χ3v) is 2.31. The zero-order valence-corrected chi connectivity index (χ0v) is 9.67. The van der Waals surface area contributed by atoms with Crippen molar-refractivity contribution in [1.29, 1.82) is 0 Å². The zero-order chi connectivity index (χ0) is 12.6. The molecule has 2 aromatic rings. The molecule has 90 valence electrons. The summed E-state index contributed by atoms with van der Waals surface area (Å²) in [7, 11) is 0. The zero-order valence-electron chi connectivity index (χ0n) is 9.67. The van der Waals surface area contributed by atoms with E-state index < -0.39 is 0 Å². The number of hydrogen-bond donors (Lipinski definition) is 1. The third-order valence-electron chi connectivity index (χ3n) is 2.31. The van der Waals surface area contributed by atoms with Gasteiger partial charge in [0.2, 0.25) is 0 Å². The quantitative estimate of drug-likeness (QED) is 0.496. The molecule has 2 rings (SSSR count). The number of nitrogens with one attached hydrogen (secondary N) is 1. The number of hydrazone groups is 1. The molecule has 0 unspecified atom stereocenters. The SMILES string of the molecule is O=C=NNc1cccc(OCc2ccccc2)c1. The van der Waals surface area contributed by atoms with Gasteiger partial charge in [0.15, 0.2) is 0 Å². The minimum Gasteiger partial charge on any atom is -0.489 e. The van der Waals surface area contributed by atoms with Gasteiger partial charge in [-0.2, -0.15) is 0 Å². The maximum absolute atomic E-state index is 9.99. The molecule has 0 amide bonds. The highest BCUT2D eigenvalue weighted by atomic mass is 16.5. The number of benzene rings is 2. The molecule has 0 aliphatic rings. The van der Waals surface area contributed by atoms with Crippen LogP contribution in [-0.4, -0.2) is 6.08 Å². The fourth-order valence-electron chi connectivity index (χ4n) is 1.48. The van der Waals surface area contributed by atoms with Crippen molar-refractivity contribution in [1.82, 2.24) is 0 Å². The highest BCUT2D eigenvalue weighted by Gasteiger charge is 1.97. The minimum atomic E-state index is 0.501. The van der Waals surface area contributed by atoms with Crippen LogP contribution in [0.4, 0.5) is 5.69 Å². The second-order valence-electron chi connectivity index (χ2n) is 3.62. The summed E-state index contributed by atoms with van der Waals surface area (Å²) in [5.74, 6) is 0.713. The monoisotopic (exact) mass is 240 g/mol. The first-order valence-electron chi connectivity index (χ1n) is 5.48. The van der Waals surface area contributed by atoms with Gasteiger partial charge in [0.1, 0.15) is 12.4 Å². The van der Waals surface area contributed by atoms with Crippen LogP contribution in [0.5, 0.6) is 5.75 Å². The van der Waals surface area contributed by atoms with E-state index in [1.165, 1.54) is 6.08 Å². The molecule has 0 atom stereocenters. The van der Waals surface area contributed by atoms with Gasteiger partial charge >= 0.3 is 0 Å². The van der Waals surface area contributed by atoms with Crippen LogP contribution in [0.3, 0.4) is 0 Å². The van der Waals surface area contributed by atoms with Gasteiger partial charge in [-0.1, -0.05) is 41.5 Å². The Labute approximate surface area is 105 Å². The lowest BCUT2D eigenvalue weighted by Gasteiger charge is -2.07. The number of rotatable bonds is 5. The largest absolute Gasteiger partial charge is 0.489 e. The Hall–Kier alpha value is -2.58. The second-order valence-corrected chi connectivity index (χ2v) is 3.62. The molecule has 0 aliphatic heterocycles. The van der Waals surface area contributed by atoms with E-state index in [-0.39, 0.29) is 0 Å². The van der Waals surface area contributed by atoms with Crippen LogP contribution in [-0.2, 0) is 11.4 Å². The van der Waals surface area contributed by atoms with Crippen molar-refractivity contribution in [2.24, 2.45) is 5.10 Å². The van der Waals surface area contributed by atoms with Crippen LogP contribution in [0.1, 0.15) is 5.56 Å². The van der Waals surface area contributed by atoms with Gasteiger partial charge in [-0.25, -0.2) is 4.79 Å². The molecule has 4 nitrogen and oxygen atoms in total. The van der Waals surface area contributed by atoms with E-state index in [1.807, 2.05) is 42.5 Å². The molecule has 2 aromatic carbocycles. The molecule has 0 saturated carbocycles. The van der Waals surface area contributed by atoms with E-state index in [2.05, 4.69) is 10.5 Å². The average Bonchev–Trinajstić information content (AvgIpc) is 2.44. The fourth-order valence-corrected chi connectivity index (χ4v) is 1.48. The first-order valence-corrected chi connectivity index (χ1v) is 5.48. The number of ether oxygens (including phenoxy) is 1. The maximum atomic E-state index is 9.99. The molecule has 1 N–H and O–H groups in total. The van der Waals surface area contributed by atoms with E-state index in [0.29, 0.717) is 18.0 Å². The van der Waals surface area contributed by atoms with E-state index in [4.69, 9.17) is 4.74 Å². The van der Waals surface area contributed by atoms with Crippen LogP contribution in [0.25, 0.3) is 0 Å². The summed E-state index contributed by atoms with van der Waals surface area (Å²) in [6.07, 6.45) is 1.42. The van der Waals surface area contributed by atoms with Gasteiger partial charge in [0.05, 0.1) is 5.69 Å². The van der Waals surface area contributed by atoms with Crippen molar-refractivity contribution < 1.29 is 9.53 Å². The Balaban J connectivity index is 1.99. The van der Waals surface area contributed by atoms with E-state index in [9.17, 15) is 4.79 Å². The lowest BCUT2D eigenvalue weighted by atomic mass is 10.2. The summed E-state index contributed by atoms with van der Waals surface area (Å²) < 4.78 is 5.63. The van der Waals surface area contributed by atoms with Gasteiger partial charge in [-0.05, 0) is 17.7 Å². The summed E-state index contributed by atoms with van der Waals surface area (Å²) in [5, 5.41) is 3.29. The third kappa shape index (κ3) is 3.47. The molecular formula is C14H12N2O2. The molecule has 0 spiro atoms. The molecule has 0 radical (unpaired) electrons. The lowest BCUT2D eigenvalue weighted by Crippen LogP contribution is -1.95. The molecule has 18 heavy (non-hydrogen) atoms. The van der Waals surface area contributed by atoms with Gasteiger partial charge in [-0.15, -0.1) is 0 Å². The number of anilines is 1.